The Labute approximate surface area is 129 Å². The molecule has 1 aromatic rings. The summed E-state index contributed by atoms with van der Waals surface area (Å²) in [6.07, 6.45) is 0. The van der Waals surface area contributed by atoms with Gasteiger partial charge >= 0.3 is 0 Å². The molecule has 1 heterocycles. The van der Waals surface area contributed by atoms with E-state index in [0.29, 0.717) is 5.56 Å². The van der Waals surface area contributed by atoms with Gasteiger partial charge < -0.3 is 4.90 Å². The second-order valence-corrected chi connectivity index (χ2v) is 6.14. The van der Waals surface area contributed by atoms with Gasteiger partial charge in [-0.25, -0.2) is 4.39 Å². The van der Waals surface area contributed by atoms with Crippen molar-refractivity contribution >= 4 is 17.5 Å². The van der Waals surface area contributed by atoms with Crippen molar-refractivity contribution in [1.82, 2.24) is 15.8 Å². The molecule has 2 N–H and O–H groups in total. The average Bonchev–Trinajstić information content (AvgIpc) is 2.79. The smallest absolute Gasteiger partial charge is 0.253 e. The van der Waals surface area contributed by atoms with Crippen molar-refractivity contribution in [2.45, 2.75) is 38.9 Å². The quantitative estimate of drug-likeness (QED) is 0.901. The first-order valence-corrected chi connectivity index (χ1v) is 7.44. The van der Waals surface area contributed by atoms with E-state index in [1.807, 2.05) is 6.92 Å². The van der Waals surface area contributed by atoms with Crippen molar-refractivity contribution in [2.75, 3.05) is 7.05 Å². The third-order valence-corrected chi connectivity index (χ3v) is 4.64. The van der Waals surface area contributed by atoms with Gasteiger partial charge in [-0.05, 0) is 39.0 Å². The monoisotopic (exact) mass is 313 g/mol. The van der Waals surface area contributed by atoms with Crippen LogP contribution in [0.4, 0.5) is 4.39 Å². The molecule has 3 atom stereocenters. The lowest BCUT2D eigenvalue weighted by molar-refractivity contribution is 0.0679. The molecule has 1 aliphatic rings. The van der Waals surface area contributed by atoms with Gasteiger partial charge in [0, 0.05) is 36.7 Å². The fraction of sp³-hybridized carbons (Fsp3) is 0.533. The molecule has 2 rings (SSSR count). The number of carbonyl (C=O) groups excluding carboxylic acids is 1. The molecule has 1 aromatic carbocycles. The van der Waals surface area contributed by atoms with Gasteiger partial charge in [-0.1, -0.05) is 11.6 Å². The lowest BCUT2D eigenvalue weighted by Gasteiger charge is -2.33. The van der Waals surface area contributed by atoms with Crippen LogP contribution in [-0.4, -0.2) is 36.0 Å². The van der Waals surface area contributed by atoms with Gasteiger partial charge in [0.25, 0.3) is 5.91 Å². The molecule has 116 valence electrons. The zero-order valence-corrected chi connectivity index (χ0v) is 13.4. The third-order valence-electron chi connectivity index (χ3n) is 4.35. The molecule has 1 saturated heterocycles. The second kappa shape index (κ2) is 6.30. The Balaban J connectivity index is 2.16. The molecule has 0 spiro atoms. The molecule has 1 amide bonds. The minimum absolute atomic E-state index is 0.0344. The standard InChI is InChI=1S/C15H21ClFN3O/c1-8-14(9(2)19-18-8)10(3)20(4)15(21)11-5-6-13(17)12(16)7-11/h5-10,14,18-19H,1-4H3. The Hall–Kier alpha value is -1.17. The van der Waals surface area contributed by atoms with E-state index in [2.05, 4.69) is 24.7 Å². The number of halogens is 2. The van der Waals surface area contributed by atoms with Gasteiger partial charge in [0.05, 0.1) is 5.02 Å². The van der Waals surface area contributed by atoms with Crippen molar-refractivity contribution in [2.24, 2.45) is 5.92 Å². The summed E-state index contributed by atoms with van der Waals surface area (Å²) >= 11 is 5.75. The molecule has 0 radical (unpaired) electrons. The Bertz CT molecular complexity index is 530. The summed E-state index contributed by atoms with van der Waals surface area (Å²) in [6, 6.07) is 4.63. The highest BCUT2D eigenvalue weighted by molar-refractivity contribution is 6.31. The van der Waals surface area contributed by atoms with E-state index in [-0.39, 0.29) is 35.0 Å². The highest BCUT2D eigenvalue weighted by Gasteiger charge is 2.37. The lowest BCUT2D eigenvalue weighted by atomic mass is 9.88. The summed E-state index contributed by atoms with van der Waals surface area (Å²) in [7, 11) is 1.77. The Morgan fingerprint density at radius 2 is 1.90 bits per heavy atom. The van der Waals surface area contributed by atoms with Crippen LogP contribution in [0.1, 0.15) is 31.1 Å². The van der Waals surface area contributed by atoms with Gasteiger partial charge in [-0.3, -0.25) is 15.6 Å². The molecule has 0 bridgehead atoms. The lowest BCUT2D eigenvalue weighted by Crippen LogP contribution is -2.46. The summed E-state index contributed by atoms with van der Waals surface area (Å²) < 4.78 is 13.2. The van der Waals surface area contributed by atoms with Crippen LogP contribution >= 0.6 is 11.6 Å². The maximum atomic E-state index is 13.2. The highest BCUT2D eigenvalue weighted by Crippen LogP contribution is 2.24. The number of rotatable bonds is 3. The predicted molar refractivity (Wildman–Crippen MR) is 81.7 cm³/mol. The summed E-state index contributed by atoms with van der Waals surface area (Å²) in [5.74, 6) is -0.388. The Morgan fingerprint density at radius 3 is 2.43 bits per heavy atom. The Kier molecular flexibility index (Phi) is 4.86. The Morgan fingerprint density at radius 1 is 1.33 bits per heavy atom. The fourth-order valence-electron chi connectivity index (χ4n) is 3.00. The molecule has 1 fully saturated rings. The molecule has 0 saturated carbocycles. The summed E-state index contributed by atoms with van der Waals surface area (Å²) in [4.78, 5) is 14.2. The van der Waals surface area contributed by atoms with Crippen molar-refractivity contribution in [3.8, 4) is 0 Å². The molecule has 1 aliphatic heterocycles. The number of hydrazine groups is 1. The number of nitrogens with zero attached hydrogens (tertiary/aromatic N) is 1. The van der Waals surface area contributed by atoms with Crippen LogP contribution in [-0.2, 0) is 0 Å². The predicted octanol–water partition coefficient (Wildman–Crippen LogP) is 2.44. The molecule has 6 heteroatoms. The maximum Gasteiger partial charge on any atom is 0.253 e. The molecule has 0 aromatic heterocycles. The van der Waals surface area contributed by atoms with Crippen LogP contribution in [0.3, 0.4) is 0 Å². The topological polar surface area (TPSA) is 44.4 Å². The zero-order chi connectivity index (χ0) is 15.7. The minimum atomic E-state index is -0.518. The number of amides is 1. The minimum Gasteiger partial charge on any atom is -0.339 e. The van der Waals surface area contributed by atoms with E-state index in [1.54, 1.807) is 11.9 Å². The summed E-state index contributed by atoms with van der Waals surface area (Å²) in [5, 5.41) is -0.0344. The van der Waals surface area contributed by atoms with Gasteiger partial charge in [0.2, 0.25) is 0 Å². The number of benzene rings is 1. The molecule has 0 aliphatic carbocycles. The van der Waals surface area contributed by atoms with E-state index in [1.165, 1.54) is 18.2 Å². The third kappa shape index (κ3) is 3.20. The van der Waals surface area contributed by atoms with Crippen molar-refractivity contribution < 1.29 is 9.18 Å². The number of nitrogens with one attached hydrogen (secondary N) is 2. The van der Waals surface area contributed by atoms with E-state index in [4.69, 9.17) is 11.6 Å². The first-order valence-electron chi connectivity index (χ1n) is 7.06. The largest absolute Gasteiger partial charge is 0.339 e. The van der Waals surface area contributed by atoms with Crippen molar-refractivity contribution in [1.29, 1.82) is 0 Å². The molecule has 3 unspecified atom stereocenters. The van der Waals surface area contributed by atoms with Crippen LogP contribution in [0.2, 0.25) is 5.02 Å². The number of hydrogen-bond donors (Lipinski definition) is 2. The zero-order valence-electron chi connectivity index (χ0n) is 12.7. The molecular formula is C15H21ClFN3O. The van der Waals surface area contributed by atoms with Gasteiger partial charge in [-0.15, -0.1) is 0 Å². The van der Waals surface area contributed by atoms with Crippen LogP contribution in [0.25, 0.3) is 0 Å². The number of carbonyl (C=O) groups is 1. The first kappa shape index (κ1) is 16.2. The summed E-state index contributed by atoms with van der Waals surface area (Å²) in [5.41, 5.74) is 6.78. The van der Waals surface area contributed by atoms with E-state index in [0.717, 1.165) is 0 Å². The highest BCUT2D eigenvalue weighted by atomic mass is 35.5. The van der Waals surface area contributed by atoms with Crippen LogP contribution in [0.15, 0.2) is 18.2 Å². The normalized spacial score (nSPS) is 26.7. The van der Waals surface area contributed by atoms with Crippen LogP contribution < -0.4 is 10.9 Å². The van der Waals surface area contributed by atoms with Crippen molar-refractivity contribution in [3.05, 3.63) is 34.6 Å². The molecule has 4 nitrogen and oxygen atoms in total. The fourth-order valence-corrected chi connectivity index (χ4v) is 3.18. The van der Waals surface area contributed by atoms with E-state index < -0.39 is 5.82 Å². The van der Waals surface area contributed by atoms with Gasteiger partial charge in [0.15, 0.2) is 0 Å². The average molecular weight is 314 g/mol. The number of hydrogen-bond acceptors (Lipinski definition) is 3. The van der Waals surface area contributed by atoms with E-state index >= 15 is 0 Å². The molecule has 21 heavy (non-hydrogen) atoms. The van der Waals surface area contributed by atoms with Crippen molar-refractivity contribution in [3.63, 3.8) is 0 Å². The maximum absolute atomic E-state index is 13.2. The van der Waals surface area contributed by atoms with Crippen LogP contribution in [0.5, 0.6) is 0 Å². The SMILES string of the molecule is CC1NNC(C)C1C(C)N(C)C(=O)c1ccc(F)c(Cl)c1. The summed E-state index contributed by atoms with van der Waals surface area (Å²) in [6.45, 7) is 6.20. The van der Waals surface area contributed by atoms with Gasteiger partial charge in [-0.2, -0.15) is 0 Å². The van der Waals surface area contributed by atoms with Crippen LogP contribution in [0, 0.1) is 11.7 Å². The van der Waals surface area contributed by atoms with E-state index in [9.17, 15) is 9.18 Å². The molecular weight excluding hydrogens is 293 g/mol. The second-order valence-electron chi connectivity index (χ2n) is 5.73. The first-order chi connectivity index (χ1) is 9.82. The van der Waals surface area contributed by atoms with Gasteiger partial charge in [0.1, 0.15) is 5.82 Å².